The van der Waals surface area contributed by atoms with Gasteiger partial charge in [0.15, 0.2) is 0 Å². The first kappa shape index (κ1) is 12.4. The van der Waals surface area contributed by atoms with Crippen LogP contribution >= 0.6 is 0 Å². The summed E-state index contributed by atoms with van der Waals surface area (Å²) in [6.45, 7) is 3.88. The molecule has 2 N–H and O–H groups in total. The molecule has 0 radical (unpaired) electrons. The average molecular weight is 224 g/mol. The van der Waals surface area contributed by atoms with Crippen LogP contribution in [0.1, 0.15) is 64.2 Å². The Morgan fingerprint density at radius 2 is 1.38 bits per heavy atom. The van der Waals surface area contributed by atoms with Crippen LogP contribution in [0.4, 0.5) is 0 Å². The van der Waals surface area contributed by atoms with Crippen molar-refractivity contribution in [3.05, 3.63) is 0 Å². The molecule has 1 heterocycles. The molecule has 0 spiro atoms. The summed E-state index contributed by atoms with van der Waals surface area (Å²) in [5.74, 6) is 0. The molecule has 0 amide bonds. The van der Waals surface area contributed by atoms with Gasteiger partial charge in [0.2, 0.25) is 0 Å². The molecular formula is C14H28N2. The van der Waals surface area contributed by atoms with Crippen molar-refractivity contribution in [3.8, 4) is 0 Å². The van der Waals surface area contributed by atoms with Gasteiger partial charge in [-0.25, -0.2) is 0 Å². The monoisotopic (exact) mass is 224 g/mol. The van der Waals surface area contributed by atoms with Crippen molar-refractivity contribution in [1.82, 2.24) is 4.90 Å². The molecule has 0 atom stereocenters. The van der Waals surface area contributed by atoms with Crippen LogP contribution in [0.3, 0.4) is 0 Å². The summed E-state index contributed by atoms with van der Waals surface area (Å²) in [6, 6.07) is 0. The average Bonchev–Trinajstić information content (AvgIpc) is 2.64. The van der Waals surface area contributed by atoms with Crippen LogP contribution in [0, 0.1) is 0 Å². The van der Waals surface area contributed by atoms with Crippen LogP contribution in [0.25, 0.3) is 0 Å². The molecule has 0 bridgehead atoms. The van der Waals surface area contributed by atoms with E-state index in [-0.39, 0.29) is 5.54 Å². The fourth-order valence-corrected chi connectivity index (χ4v) is 3.25. The minimum absolute atomic E-state index is 0.197. The highest BCUT2D eigenvalue weighted by atomic mass is 15.1. The zero-order chi connectivity index (χ0) is 11.3. The Morgan fingerprint density at radius 1 is 0.812 bits per heavy atom. The first-order chi connectivity index (χ1) is 7.79. The number of likely N-dealkylation sites (tertiary alicyclic amines) is 1. The summed E-state index contributed by atoms with van der Waals surface area (Å²) >= 11 is 0. The summed E-state index contributed by atoms with van der Waals surface area (Å²) in [7, 11) is 0. The first-order valence-corrected chi connectivity index (χ1v) is 7.30. The molecule has 2 fully saturated rings. The summed E-state index contributed by atoms with van der Waals surface area (Å²) in [4.78, 5) is 2.66. The van der Waals surface area contributed by atoms with Crippen molar-refractivity contribution < 1.29 is 0 Å². The van der Waals surface area contributed by atoms with E-state index in [4.69, 9.17) is 5.73 Å². The van der Waals surface area contributed by atoms with Gasteiger partial charge < -0.3 is 10.6 Å². The second-order valence-electron chi connectivity index (χ2n) is 5.93. The van der Waals surface area contributed by atoms with Crippen LogP contribution in [0.5, 0.6) is 0 Å². The smallest absolute Gasteiger partial charge is 0.0166 e. The molecule has 94 valence electrons. The van der Waals surface area contributed by atoms with E-state index in [1.807, 2.05) is 0 Å². The molecule has 0 aromatic rings. The van der Waals surface area contributed by atoms with E-state index in [1.54, 1.807) is 0 Å². The second-order valence-corrected chi connectivity index (χ2v) is 5.93. The third-order valence-electron chi connectivity index (χ3n) is 4.47. The lowest BCUT2D eigenvalue weighted by Crippen LogP contribution is -2.41. The SMILES string of the molecule is NC1(CCN2CCCCCCC2)CCCC1. The summed E-state index contributed by atoms with van der Waals surface area (Å²) < 4.78 is 0. The van der Waals surface area contributed by atoms with E-state index in [2.05, 4.69) is 4.90 Å². The summed E-state index contributed by atoms with van der Waals surface area (Å²) in [5.41, 5.74) is 6.62. The molecule has 16 heavy (non-hydrogen) atoms. The quantitative estimate of drug-likeness (QED) is 0.798. The lowest BCUT2D eigenvalue weighted by atomic mass is 9.94. The molecule has 2 nitrogen and oxygen atoms in total. The van der Waals surface area contributed by atoms with Crippen molar-refractivity contribution >= 4 is 0 Å². The molecule has 0 unspecified atom stereocenters. The van der Waals surface area contributed by atoms with Gasteiger partial charge in [0.05, 0.1) is 0 Å². The molecule has 1 aliphatic heterocycles. The fraction of sp³-hybridized carbons (Fsp3) is 1.00. The molecule has 2 aliphatic rings. The highest BCUT2D eigenvalue weighted by molar-refractivity contribution is 4.89. The van der Waals surface area contributed by atoms with Gasteiger partial charge in [0, 0.05) is 5.54 Å². The maximum atomic E-state index is 6.42. The molecule has 0 aromatic heterocycles. The molecular weight excluding hydrogens is 196 g/mol. The van der Waals surface area contributed by atoms with E-state index < -0.39 is 0 Å². The van der Waals surface area contributed by atoms with Crippen molar-refractivity contribution in [1.29, 1.82) is 0 Å². The van der Waals surface area contributed by atoms with E-state index >= 15 is 0 Å². The maximum absolute atomic E-state index is 6.42. The van der Waals surface area contributed by atoms with E-state index in [0.29, 0.717) is 0 Å². The minimum Gasteiger partial charge on any atom is -0.325 e. The topological polar surface area (TPSA) is 29.3 Å². The second kappa shape index (κ2) is 6.02. The predicted molar refractivity (Wildman–Crippen MR) is 69.5 cm³/mol. The van der Waals surface area contributed by atoms with E-state index in [0.717, 1.165) is 0 Å². The molecule has 1 saturated carbocycles. The Hall–Kier alpha value is -0.0800. The van der Waals surface area contributed by atoms with Gasteiger partial charge >= 0.3 is 0 Å². The Morgan fingerprint density at radius 3 is 2.00 bits per heavy atom. The molecule has 1 aliphatic carbocycles. The highest BCUT2D eigenvalue weighted by Crippen LogP contribution is 2.30. The Labute approximate surface area is 101 Å². The van der Waals surface area contributed by atoms with Gasteiger partial charge in [-0.05, 0) is 51.7 Å². The lowest BCUT2D eigenvalue weighted by molar-refractivity contribution is 0.220. The number of hydrogen-bond acceptors (Lipinski definition) is 2. The summed E-state index contributed by atoms with van der Waals surface area (Å²) in [6.07, 6.45) is 13.6. The summed E-state index contributed by atoms with van der Waals surface area (Å²) in [5, 5.41) is 0. The van der Waals surface area contributed by atoms with Crippen LogP contribution in [-0.2, 0) is 0 Å². The lowest BCUT2D eigenvalue weighted by Gasteiger charge is -2.30. The van der Waals surface area contributed by atoms with Crippen molar-refractivity contribution in [2.75, 3.05) is 19.6 Å². The van der Waals surface area contributed by atoms with Crippen molar-refractivity contribution in [3.63, 3.8) is 0 Å². The third kappa shape index (κ3) is 3.74. The van der Waals surface area contributed by atoms with Gasteiger partial charge in [-0.15, -0.1) is 0 Å². The largest absolute Gasteiger partial charge is 0.325 e. The number of rotatable bonds is 3. The predicted octanol–water partition coefficient (Wildman–Crippen LogP) is 2.91. The molecule has 2 rings (SSSR count). The van der Waals surface area contributed by atoms with Crippen molar-refractivity contribution in [2.45, 2.75) is 69.7 Å². The Bertz CT molecular complexity index is 189. The number of nitrogens with two attached hydrogens (primary N) is 1. The first-order valence-electron chi connectivity index (χ1n) is 7.30. The van der Waals surface area contributed by atoms with Crippen molar-refractivity contribution in [2.24, 2.45) is 5.73 Å². The number of nitrogens with zero attached hydrogens (tertiary/aromatic N) is 1. The van der Waals surface area contributed by atoms with Crippen LogP contribution in [0.2, 0.25) is 0 Å². The van der Waals surface area contributed by atoms with Gasteiger partial charge in [0.25, 0.3) is 0 Å². The number of hydrogen-bond donors (Lipinski definition) is 1. The van der Waals surface area contributed by atoms with Gasteiger partial charge in [-0.2, -0.15) is 0 Å². The zero-order valence-corrected chi connectivity index (χ0v) is 10.7. The fourth-order valence-electron chi connectivity index (χ4n) is 3.25. The van der Waals surface area contributed by atoms with Gasteiger partial charge in [-0.3, -0.25) is 0 Å². The van der Waals surface area contributed by atoms with Gasteiger partial charge in [-0.1, -0.05) is 32.1 Å². The molecule has 2 heteroatoms. The zero-order valence-electron chi connectivity index (χ0n) is 10.7. The van der Waals surface area contributed by atoms with Crippen LogP contribution in [0.15, 0.2) is 0 Å². The Balaban J connectivity index is 1.70. The van der Waals surface area contributed by atoms with E-state index in [1.165, 1.54) is 83.8 Å². The van der Waals surface area contributed by atoms with Crippen LogP contribution < -0.4 is 5.73 Å². The van der Waals surface area contributed by atoms with E-state index in [9.17, 15) is 0 Å². The third-order valence-corrected chi connectivity index (χ3v) is 4.47. The van der Waals surface area contributed by atoms with Gasteiger partial charge in [0.1, 0.15) is 0 Å². The molecule has 0 aromatic carbocycles. The van der Waals surface area contributed by atoms with Crippen LogP contribution in [-0.4, -0.2) is 30.1 Å². The maximum Gasteiger partial charge on any atom is 0.0166 e. The standard InChI is InChI=1S/C14H28N2/c15-14(8-4-5-9-14)10-13-16-11-6-2-1-3-7-12-16/h1-13,15H2. The highest BCUT2D eigenvalue weighted by Gasteiger charge is 2.29. The molecule has 1 saturated heterocycles. The minimum atomic E-state index is 0.197. The Kier molecular flexibility index (Phi) is 4.66. The normalized spacial score (nSPS) is 27.6.